The number of nitrogens with zero attached hydrogens (tertiary/aromatic N) is 3. The Morgan fingerprint density at radius 3 is 2.84 bits per heavy atom. The number of fused-ring (bicyclic) bond motifs is 2. The summed E-state index contributed by atoms with van der Waals surface area (Å²) in [5, 5.41) is 4.43. The molecule has 156 valence electrons. The van der Waals surface area contributed by atoms with Gasteiger partial charge in [-0.25, -0.2) is 0 Å². The molecule has 0 N–H and O–H groups in total. The second kappa shape index (κ2) is 8.35. The third kappa shape index (κ3) is 3.96. The molecule has 0 saturated heterocycles. The normalized spacial score (nSPS) is 13.7. The topological polar surface area (TPSA) is 65.7 Å². The van der Waals surface area contributed by atoms with Crippen LogP contribution in [0.3, 0.4) is 0 Å². The fraction of sp³-hybridized carbons (Fsp3) is 0.208. The molecule has 0 radical (unpaired) electrons. The van der Waals surface area contributed by atoms with Crippen LogP contribution in [-0.2, 0) is 0 Å². The molecule has 2 aromatic heterocycles. The maximum Gasteiger partial charge on any atom is 0.291 e. The second-order valence-electron chi connectivity index (χ2n) is 7.32. The fourth-order valence-corrected chi connectivity index (χ4v) is 4.30. The molecule has 0 unspecified atom stereocenters. The molecule has 0 fully saturated rings. The molecular formula is C24H21N3O3S. The molecule has 31 heavy (non-hydrogen) atoms. The lowest BCUT2D eigenvalue weighted by Crippen LogP contribution is -2.24. The van der Waals surface area contributed by atoms with E-state index in [0.29, 0.717) is 28.5 Å². The van der Waals surface area contributed by atoms with Crippen LogP contribution in [0.4, 0.5) is 0 Å². The van der Waals surface area contributed by atoms with E-state index >= 15 is 0 Å². The minimum Gasteiger partial charge on any atom is -0.494 e. The number of benzene rings is 2. The van der Waals surface area contributed by atoms with E-state index in [1.165, 1.54) is 15.9 Å². The zero-order valence-electron chi connectivity index (χ0n) is 17.1. The van der Waals surface area contributed by atoms with Crippen molar-refractivity contribution in [1.82, 2.24) is 14.6 Å². The van der Waals surface area contributed by atoms with Gasteiger partial charge in [-0.05, 0) is 54.5 Å². The largest absolute Gasteiger partial charge is 0.494 e. The van der Waals surface area contributed by atoms with E-state index in [0.717, 1.165) is 41.0 Å². The van der Waals surface area contributed by atoms with E-state index in [1.54, 1.807) is 0 Å². The van der Waals surface area contributed by atoms with Gasteiger partial charge in [0, 0.05) is 11.1 Å². The van der Waals surface area contributed by atoms with Crippen LogP contribution in [0.5, 0.6) is 11.5 Å². The zero-order valence-corrected chi connectivity index (χ0v) is 17.9. The van der Waals surface area contributed by atoms with E-state index in [1.807, 2.05) is 60.7 Å². The average Bonchev–Trinajstić information content (AvgIpc) is 3.34. The summed E-state index contributed by atoms with van der Waals surface area (Å²) in [6.45, 7) is 3.27. The van der Waals surface area contributed by atoms with Crippen molar-refractivity contribution in [1.29, 1.82) is 0 Å². The Morgan fingerprint density at radius 1 is 1.19 bits per heavy atom. The van der Waals surface area contributed by atoms with Gasteiger partial charge in [-0.2, -0.15) is 9.50 Å². The van der Waals surface area contributed by atoms with E-state index in [9.17, 15) is 4.79 Å². The van der Waals surface area contributed by atoms with E-state index in [-0.39, 0.29) is 5.56 Å². The lowest BCUT2D eigenvalue weighted by atomic mass is 10.1. The van der Waals surface area contributed by atoms with Crippen LogP contribution >= 0.6 is 11.3 Å². The number of hydrogen-bond donors (Lipinski definition) is 0. The Kier molecular flexibility index (Phi) is 5.26. The van der Waals surface area contributed by atoms with Gasteiger partial charge in [0.15, 0.2) is 5.82 Å². The first-order chi connectivity index (χ1) is 15.2. The molecule has 0 atom stereocenters. The first kappa shape index (κ1) is 19.5. The quantitative estimate of drug-likeness (QED) is 0.432. The summed E-state index contributed by atoms with van der Waals surface area (Å²) >= 11 is 1.33. The Morgan fingerprint density at radius 2 is 2.03 bits per heavy atom. The van der Waals surface area contributed by atoms with Gasteiger partial charge in [0.2, 0.25) is 4.96 Å². The number of rotatable bonds is 6. The number of unbranched alkanes of at least 4 members (excludes halogenated alkanes) is 1. The lowest BCUT2D eigenvalue weighted by Gasteiger charge is -2.15. The van der Waals surface area contributed by atoms with Gasteiger partial charge >= 0.3 is 0 Å². The highest BCUT2D eigenvalue weighted by molar-refractivity contribution is 7.15. The predicted octanol–water partition coefficient (Wildman–Crippen LogP) is 3.97. The van der Waals surface area contributed by atoms with Crippen molar-refractivity contribution >= 4 is 28.4 Å². The highest BCUT2D eigenvalue weighted by Crippen LogP contribution is 2.26. The molecule has 3 heterocycles. The number of aromatic nitrogens is 3. The molecule has 0 aliphatic carbocycles. The van der Waals surface area contributed by atoms with Crippen molar-refractivity contribution in [2.75, 3.05) is 13.2 Å². The molecule has 7 heteroatoms. The lowest BCUT2D eigenvalue weighted by molar-refractivity contribution is 0.309. The first-order valence-electron chi connectivity index (χ1n) is 10.3. The molecule has 2 aromatic carbocycles. The molecule has 0 spiro atoms. The molecule has 1 aliphatic rings. The molecule has 0 bridgehead atoms. The average molecular weight is 432 g/mol. The molecule has 4 aromatic rings. The summed E-state index contributed by atoms with van der Waals surface area (Å²) < 4.78 is 13.4. The van der Waals surface area contributed by atoms with Gasteiger partial charge in [-0.15, -0.1) is 5.10 Å². The summed E-state index contributed by atoms with van der Waals surface area (Å²) in [6.07, 6.45) is 6.04. The van der Waals surface area contributed by atoms with Crippen LogP contribution in [0.1, 0.15) is 25.3 Å². The van der Waals surface area contributed by atoms with Gasteiger partial charge in [0.25, 0.3) is 5.56 Å². The Balaban J connectivity index is 1.41. The highest BCUT2D eigenvalue weighted by Gasteiger charge is 2.14. The monoisotopic (exact) mass is 431 g/mol. The predicted molar refractivity (Wildman–Crippen MR) is 123 cm³/mol. The highest BCUT2D eigenvalue weighted by atomic mass is 32.1. The van der Waals surface area contributed by atoms with Crippen molar-refractivity contribution in [2.24, 2.45) is 0 Å². The van der Waals surface area contributed by atoms with Crippen LogP contribution in [0, 0.1) is 0 Å². The summed E-state index contributed by atoms with van der Waals surface area (Å²) in [5.74, 6) is 2.21. The number of para-hydroxylation sites is 1. The maximum absolute atomic E-state index is 12.8. The van der Waals surface area contributed by atoms with Crippen molar-refractivity contribution < 1.29 is 9.47 Å². The number of hydrogen-bond acceptors (Lipinski definition) is 6. The van der Waals surface area contributed by atoms with Crippen LogP contribution in [0.2, 0.25) is 0 Å². The van der Waals surface area contributed by atoms with E-state index < -0.39 is 0 Å². The van der Waals surface area contributed by atoms with Gasteiger partial charge in [-0.1, -0.05) is 42.9 Å². The van der Waals surface area contributed by atoms with Gasteiger partial charge < -0.3 is 9.47 Å². The molecule has 1 aliphatic heterocycles. The van der Waals surface area contributed by atoms with Crippen molar-refractivity contribution in [2.45, 2.75) is 19.8 Å². The number of thiazole rings is 1. The standard InChI is InChI=1S/C24H21N3O3S/c1-2-3-12-29-19-10-8-17(9-11-19)22-25-24-27(26-22)23(28)21(31-24)14-16-13-18-6-4-5-7-20(18)30-15-16/h4-11,13-14H,2-3,12,15H2,1H3/b21-14-. The minimum absolute atomic E-state index is 0.168. The van der Waals surface area contributed by atoms with Crippen LogP contribution in [0.15, 0.2) is 58.9 Å². The summed E-state index contributed by atoms with van der Waals surface area (Å²) in [7, 11) is 0. The SMILES string of the molecule is CCCCOc1ccc(-c2nc3s/c(=C\C4=Cc5ccccc5OC4)c(=O)n3n2)cc1. The summed E-state index contributed by atoms with van der Waals surface area (Å²) in [6, 6.07) is 15.5. The summed E-state index contributed by atoms with van der Waals surface area (Å²) in [5.41, 5.74) is 2.64. The van der Waals surface area contributed by atoms with Gasteiger partial charge in [0.05, 0.1) is 11.1 Å². The molecule has 5 rings (SSSR count). The Bertz CT molecular complexity index is 1370. The Labute approximate surface area is 183 Å². The second-order valence-corrected chi connectivity index (χ2v) is 8.33. The van der Waals surface area contributed by atoms with Gasteiger partial charge in [-0.3, -0.25) is 4.79 Å². The molecular weight excluding hydrogens is 410 g/mol. The van der Waals surface area contributed by atoms with Crippen molar-refractivity contribution in [3.63, 3.8) is 0 Å². The third-order valence-corrected chi connectivity index (χ3v) is 5.99. The van der Waals surface area contributed by atoms with Crippen molar-refractivity contribution in [3.05, 3.63) is 74.6 Å². The maximum atomic E-state index is 12.8. The van der Waals surface area contributed by atoms with Gasteiger partial charge in [0.1, 0.15) is 18.1 Å². The van der Waals surface area contributed by atoms with E-state index in [4.69, 9.17) is 9.47 Å². The first-order valence-corrected chi connectivity index (χ1v) is 11.1. The van der Waals surface area contributed by atoms with Crippen LogP contribution in [-0.4, -0.2) is 27.8 Å². The fourth-order valence-electron chi connectivity index (χ4n) is 3.38. The third-order valence-electron chi connectivity index (χ3n) is 5.03. The molecule has 0 amide bonds. The summed E-state index contributed by atoms with van der Waals surface area (Å²) in [4.78, 5) is 18.0. The van der Waals surface area contributed by atoms with Crippen LogP contribution in [0.25, 0.3) is 28.5 Å². The zero-order chi connectivity index (χ0) is 21.2. The Hall–Kier alpha value is -3.45. The molecule has 0 saturated carbocycles. The minimum atomic E-state index is -0.168. The molecule has 6 nitrogen and oxygen atoms in total. The smallest absolute Gasteiger partial charge is 0.291 e. The van der Waals surface area contributed by atoms with Crippen LogP contribution < -0.4 is 19.6 Å². The van der Waals surface area contributed by atoms with Crippen molar-refractivity contribution in [3.8, 4) is 22.9 Å². The number of ether oxygens (including phenoxy) is 2. The van der Waals surface area contributed by atoms with E-state index in [2.05, 4.69) is 17.0 Å².